The van der Waals surface area contributed by atoms with Gasteiger partial charge in [0.2, 0.25) is 0 Å². The van der Waals surface area contributed by atoms with E-state index >= 15 is 0 Å². The van der Waals surface area contributed by atoms with Gasteiger partial charge in [-0.25, -0.2) is 0 Å². The lowest BCUT2D eigenvalue weighted by Gasteiger charge is -2.28. The molecular formula is C9H20N2O2. The van der Waals surface area contributed by atoms with Gasteiger partial charge in [-0.2, -0.15) is 0 Å². The van der Waals surface area contributed by atoms with Crippen LogP contribution in [0.2, 0.25) is 0 Å². The molecule has 0 rings (SSSR count). The van der Waals surface area contributed by atoms with Crippen molar-refractivity contribution in [3.05, 3.63) is 0 Å². The summed E-state index contributed by atoms with van der Waals surface area (Å²) in [6.07, 6.45) is 0. The minimum Gasteiger partial charge on any atom is -0.480 e. The zero-order valence-corrected chi connectivity index (χ0v) is 8.95. The average Bonchev–Trinajstić information content (AvgIpc) is 1.98. The van der Waals surface area contributed by atoms with Gasteiger partial charge >= 0.3 is 5.97 Å². The second-order valence-corrected chi connectivity index (χ2v) is 3.57. The fourth-order valence-corrected chi connectivity index (χ4v) is 1.40. The maximum absolute atomic E-state index is 10.5. The highest BCUT2D eigenvalue weighted by Crippen LogP contribution is 1.99. The minimum absolute atomic E-state index is 0.130. The smallest absolute Gasteiger partial charge is 0.317 e. The normalized spacial score (nSPS) is 13.7. The molecule has 0 saturated heterocycles. The Bertz CT molecular complexity index is 160. The zero-order valence-electron chi connectivity index (χ0n) is 8.95. The molecule has 1 N–H and O–H groups in total. The lowest BCUT2D eigenvalue weighted by Crippen LogP contribution is -2.42. The summed E-state index contributed by atoms with van der Waals surface area (Å²) in [6.45, 7) is 5.83. The number of nitrogens with zero attached hydrogens (tertiary/aromatic N) is 2. The van der Waals surface area contributed by atoms with Gasteiger partial charge in [0.15, 0.2) is 0 Å². The molecule has 0 aliphatic carbocycles. The van der Waals surface area contributed by atoms with Crippen molar-refractivity contribution in [3.8, 4) is 0 Å². The molecule has 0 aliphatic heterocycles. The monoisotopic (exact) mass is 188 g/mol. The Labute approximate surface area is 80.1 Å². The van der Waals surface area contributed by atoms with Gasteiger partial charge in [-0.1, -0.05) is 6.92 Å². The molecule has 0 aromatic heterocycles. The van der Waals surface area contributed by atoms with Crippen molar-refractivity contribution in [2.45, 2.75) is 19.9 Å². The molecule has 1 unspecified atom stereocenters. The van der Waals surface area contributed by atoms with E-state index in [9.17, 15) is 4.79 Å². The topological polar surface area (TPSA) is 43.8 Å². The largest absolute Gasteiger partial charge is 0.480 e. The van der Waals surface area contributed by atoms with Gasteiger partial charge in [0.05, 0.1) is 6.54 Å². The molecule has 0 amide bonds. The van der Waals surface area contributed by atoms with Gasteiger partial charge in [-0.05, 0) is 27.6 Å². The van der Waals surface area contributed by atoms with E-state index in [1.165, 1.54) is 0 Å². The van der Waals surface area contributed by atoms with E-state index < -0.39 is 5.97 Å². The molecule has 0 radical (unpaired) electrons. The standard InChI is InChI=1S/C9H20N2O2/c1-5-11(7-9(12)13)8(2)6-10(3)4/h8H,5-7H2,1-4H3,(H,12,13). The van der Waals surface area contributed by atoms with Gasteiger partial charge in [0.25, 0.3) is 0 Å². The van der Waals surface area contributed by atoms with Crippen LogP contribution in [0.25, 0.3) is 0 Å². The summed E-state index contributed by atoms with van der Waals surface area (Å²) in [6, 6.07) is 0.288. The van der Waals surface area contributed by atoms with Crippen LogP contribution in [0.4, 0.5) is 0 Å². The summed E-state index contributed by atoms with van der Waals surface area (Å²) >= 11 is 0. The van der Waals surface area contributed by atoms with Crippen LogP contribution in [-0.2, 0) is 4.79 Å². The van der Waals surface area contributed by atoms with E-state index in [2.05, 4.69) is 4.90 Å². The summed E-state index contributed by atoms with van der Waals surface area (Å²) < 4.78 is 0. The van der Waals surface area contributed by atoms with Crippen molar-refractivity contribution >= 4 is 5.97 Å². The molecular weight excluding hydrogens is 168 g/mol. The maximum atomic E-state index is 10.5. The Morgan fingerprint density at radius 2 is 2.00 bits per heavy atom. The Balaban J connectivity index is 3.98. The van der Waals surface area contributed by atoms with Gasteiger partial charge in [-0.15, -0.1) is 0 Å². The molecule has 0 bridgehead atoms. The number of carbonyl (C=O) groups is 1. The first-order valence-corrected chi connectivity index (χ1v) is 4.58. The third-order valence-corrected chi connectivity index (χ3v) is 2.00. The molecule has 0 aromatic rings. The number of hydrogen-bond acceptors (Lipinski definition) is 3. The molecule has 78 valence electrons. The summed E-state index contributed by atoms with van der Waals surface area (Å²) in [7, 11) is 3.98. The first-order valence-electron chi connectivity index (χ1n) is 4.58. The molecule has 4 nitrogen and oxygen atoms in total. The van der Waals surface area contributed by atoms with Crippen molar-refractivity contribution in [1.82, 2.24) is 9.80 Å². The Kier molecular flexibility index (Phi) is 5.66. The van der Waals surface area contributed by atoms with Crippen LogP contribution < -0.4 is 0 Å². The van der Waals surface area contributed by atoms with Gasteiger partial charge in [0, 0.05) is 12.6 Å². The molecule has 0 fully saturated rings. The molecule has 13 heavy (non-hydrogen) atoms. The van der Waals surface area contributed by atoms with E-state index in [4.69, 9.17) is 5.11 Å². The predicted molar refractivity (Wildman–Crippen MR) is 52.9 cm³/mol. The van der Waals surface area contributed by atoms with Crippen molar-refractivity contribution < 1.29 is 9.90 Å². The third-order valence-electron chi connectivity index (χ3n) is 2.00. The van der Waals surface area contributed by atoms with Crippen LogP contribution in [0.1, 0.15) is 13.8 Å². The summed E-state index contributed by atoms with van der Waals surface area (Å²) in [5.41, 5.74) is 0. The van der Waals surface area contributed by atoms with Crippen LogP contribution in [0.3, 0.4) is 0 Å². The molecule has 0 heterocycles. The fourth-order valence-electron chi connectivity index (χ4n) is 1.40. The number of likely N-dealkylation sites (N-methyl/N-ethyl adjacent to an activating group) is 2. The van der Waals surface area contributed by atoms with Crippen molar-refractivity contribution in [2.24, 2.45) is 0 Å². The number of carboxylic acids is 1. The first-order chi connectivity index (χ1) is 5.97. The molecule has 0 aromatic carbocycles. The van der Waals surface area contributed by atoms with Gasteiger partial charge in [-0.3, -0.25) is 9.69 Å². The Morgan fingerprint density at radius 3 is 2.31 bits per heavy atom. The highest BCUT2D eigenvalue weighted by atomic mass is 16.4. The maximum Gasteiger partial charge on any atom is 0.317 e. The number of hydrogen-bond donors (Lipinski definition) is 1. The van der Waals surface area contributed by atoms with E-state index in [0.717, 1.165) is 13.1 Å². The molecule has 0 spiro atoms. The molecule has 4 heteroatoms. The Hall–Kier alpha value is -0.610. The summed E-state index contributed by atoms with van der Waals surface area (Å²) in [5, 5.41) is 8.64. The number of rotatable bonds is 6. The van der Waals surface area contributed by atoms with Crippen LogP contribution in [0.5, 0.6) is 0 Å². The molecule has 0 saturated carbocycles. The van der Waals surface area contributed by atoms with E-state index in [-0.39, 0.29) is 12.6 Å². The first kappa shape index (κ1) is 12.4. The molecule has 1 atom stereocenters. The third kappa shape index (κ3) is 5.60. The molecule has 0 aliphatic rings. The lowest BCUT2D eigenvalue weighted by atomic mass is 10.2. The lowest BCUT2D eigenvalue weighted by molar-refractivity contribution is -0.138. The zero-order chi connectivity index (χ0) is 10.4. The van der Waals surface area contributed by atoms with Crippen LogP contribution in [0, 0.1) is 0 Å². The minimum atomic E-state index is -0.757. The van der Waals surface area contributed by atoms with Crippen LogP contribution >= 0.6 is 0 Å². The number of carboxylic acid groups (broad SMARTS) is 1. The highest BCUT2D eigenvalue weighted by molar-refractivity contribution is 5.69. The van der Waals surface area contributed by atoms with Gasteiger partial charge < -0.3 is 10.0 Å². The fraction of sp³-hybridized carbons (Fsp3) is 0.889. The SMILES string of the molecule is CCN(CC(=O)O)C(C)CN(C)C. The second kappa shape index (κ2) is 5.94. The summed E-state index contributed by atoms with van der Waals surface area (Å²) in [5.74, 6) is -0.757. The van der Waals surface area contributed by atoms with E-state index in [1.54, 1.807) is 0 Å². The van der Waals surface area contributed by atoms with Crippen LogP contribution in [0.15, 0.2) is 0 Å². The van der Waals surface area contributed by atoms with Crippen LogP contribution in [-0.4, -0.2) is 60.6 Å². The van der Waals surface area contributed by atoms with Crippen molar-refractivity contribution in [3.63, 3.8) is 0 Å². The second-order valence-electron chi connectivity index (χ2n) is 3.57. The number of aliphatic carboxylic acids is 1. The van der Waals surface area contributed by atoms with Crippen molar-refractivity contribution in [1.29, 1.82) is 0 Å². The van der Waals surface area contributed by atoms with Gasteiger partial charge in [0.1, 0.15) is 0 Å². The van der Waals surface area contributed by atoms with E-state index in [0.29, 0.717) is 0 Å². The predicted octanol–water partition coefficient (Wildman–Crippen LogP) is 0.343. The van der Waals surface area contributed by atoms with E-state index in [1.807, 2.05) is 32.8 Å². The quantitative estimate of drug-likeness (QED) is 0.653. The van der Waals surface area contributed by atoms with Crippen molar-refractivity contribution in [2.75, 3.05) is 33.7 Å². The average molecular weight is 188 g/mol. The highest BCUT2D eigenvalue weighted by Gasteiger charge is 2.15. The summed E-state index contributed by atoms with van der Waals surface area (Å²) in [4.78, 5) is 14.5. The Morgan fingerprint density at radius 1 is 1.46 bits per heavy atom.